The average molecular weight is 536 g/mol. The van der Waals surface area contributed by atoms with E-state index in [4.69, 9.17) is 18.9 Å². The van der Waals surface area contributed by atoms with Crippen molar-refractivity contribution in [3.05, 3.63) is 45.6 Å². The predicted molar refractivity (Wildman–Crippen MR) is 138 cm³/mol. The number of benzene rings is 1. The van der Waals surface area contributed by atoms with Crippen LogP contribution >= 0.6 is 11.8 Å². The first kappa shape index (κ1) is 27.6. The molecule has 0 spiro atoms. The summed E-state index contributed by atoms with van der Waals surface area (Å²) in [6.45, 7) is -0.538. The van der Waals surface area contributed by atoms with Gasteiger partial charge in [-0.15, -0.1) is 11.8 Å². The summed E-state index contributed by atoms with van der Waals surface area (Å²) in [5, 5.41) is 44.0. The highest BCUT2D eigenvalue weighted by molar-refractivity contribution is 7.98. The summed E-state index contributed by atoms with van der Waals surface area (Å²) in [5.74, 6) is 1.40. The zero-order valence-corrected chi connectivity index (χ0v) is 21.9. The third kappa shape index (κ3) is 5.05. The molecular weight excluding hydrogens is 502 g/mol. The number of aryl methyl sites for hydroxylation is 1. The molecule has 0 bridgehead atoms. The molecule has 0 radical (unpaired) electrons. The van der Waals surface area contributed by atoms with Crippen molar-refractivity contribution in [3.8, 4) is 28.4 Å². The fourth-order valence-electron chi connectivity index (χ4n) is 5.08. The molecule has 6 atom stereocenters. The molecule has 0 aromatic heterocycles. The van der Waals surface area contributed by atoms with Crippen molar-refractivity contribution in [1.82, 2.24) is 5.32 Å². The van der Waals surface area contributed by atoms with E-state index in [-0.39, 0.29) is 5.43 Å². The van der Waals surface area contributed by atoms with Gasteiger partial charge in [0.2, 0.25) is 5.75 Å². The predicted octanol–water partition coefficient (Wildman–Crippen LogP) is 0.838. The Kier molecular flexibility index (Phi) is 8.64. The van der Waals surface area contributed by atoms with Crippen LogP contribution in [0.25, 0.3) is 11.1 Å². The third-order valence-corrected chi connectivity index (χ3v) is 7.76. The smallest absolute Gasteiger partial charge is 0.203 e. The topological polar surface area (TPSA) is 147 Å². The van der Waals surface area contributed by atoms with Gasteiger partial charge in [-0.3, -0.25) is 10.1 Å². The fraction of sp³-hybridized carbons (Fsp3) is 0.500. The van der Waals surface area contributed by atoms with Gasteiger partial charge in [0.15, 0.2) is 16.9 Å². The van der Waals surface area contributed by atoms with Crippen molar-refractivity contribution in [1.29, 1.82) is 0 Å². The zero-order valence-electron chi connectivity index (χ0n) is 21.1. The highest BCUT2D eigenvalue weighted by atomic mass is 32.2. The quantitative estimate of drug-likeness (QED) is 0.321. The molecule has 0 saturated carbocycles. The number of hydrogen-bond donors (Lipinski definition) is 5. The molecule has 1 saturated heterocycles. The maximum Gasteiger partial charge on any atom is 0.203 e. The van der Waals surface area contributed by atoms with E-state index in [0.29, 0.717) is 40.5 Å². The number of aliphatic hydroxyl groups excluding tert-OH is 4. The lowest BCUT2D eigenvalue weighted by molar-refractivity contribution is -0.238. The summed E-state index contributed by atoms with van der Waals surface area (Å²) < 4.78 is 22.7. The maximum absolute atomic E-state index is 13.1. The fourth-order valence-corrected chi connectivity index (χ4v) is 5.54. The van der Waals surface area contributed by atoms with Crippen molar-refractivity contribution in [2.75, 3.05) is 34.2 Å². The Morgan fingerprint density at radius 3 is 2.38 bits per heavy atom. The Labute approximate surface area is 219 Å². The molecule has 0 amide bonds. The van der Waals surface area contributed by atoms with Crippen LogP contribution in [0, 0.1) is 0 Å². The SMILES string of the molecule is COc1cc2c(c(OC)c1OC)-c1ccc(SC)c(=O)cc1[C@H](N[C@H]1O[C@@H](CO)[C@@H](O)[C@@H](O)[C@H]1O)CC2. The Bertz CT molecular complexity index is 1190. The van der Waals surface area contributed by atoms with Crippen molar-refractivity contribution >= 4 is 11.8 Å². The molecule has 2 aromatic rings. The van der Waals surface area contributed by atoms with E-state index in [1.165, 1.54) is 18.9 Å². The summed E-state index contributed by atoms with van der Waals surface area (Å²) >= 11 is 1.34. The van der Waals surface area contributed by atoms with Gasteiger partial charge in [0.1, 0.15) is 30.6 Å². The summed E-state index contributed by atoms with van der Waals surface area (Å²) in [4.78, 5) is 13.7. The van der Waals surface area contributed by atoms with Crippen LogP contribution in [0.1, 0.15) is 23.6 Å². The van der Waals surface area contributed by atoms with E-state index in [9.17, 15) is 25.2 Å². The van der Waals surface area contributed by atoms with Crippen LogP contribution in [0.2, 0.25) is 0 Å². The molecule has 11 heteroatoms. The molecule has 1 aliphatic heterocycles. The summed E-state index contributed by atoms with van der Waals surface area (Å²) in [6.07, 6.45) is -3.76. The number of ether oxygens (including phenoxy) is 4. The average Bonchev–Trinajstić information content (AvgIpc) is 3.15. The second kappa shape index (κ2) is 11.6. The molecule has 5 N–H and O–H groups in total. The lowest BCUT2D eigenvalue weighted by atomic mass is 9.94. The monoisotopic (exact) mass is 535 g/mol. The lowest BCUT2D eigenvalue weighted by Gasteiger charge is -2.41. The maximum atomic E-state index is 13.1. The molecule has 1 heterocycles. The number of methoxy groups -OCH3 is 3. The van der Waals surface area contributed by atoms with Gasteiger partial charge in [0.05, 0.1) is 32.8 Å². The van der Waals surface area contributed by atoms with Gasteiger partial charge in [0, 0.05) is 11.6 Å². The molecule has 10 nitrogen and oxygen atoms in total. The Morgan fingerprint density at radius 2 is 1.76 bits per heavy atom. The molecule has 1 aliphatic carbocycles. The van der Waals surface area contributed by atoms with Crippen LogP contribution in [-0.2, 0) is 11.2 Å². The van der Waals surface area contributed by atoms with E-state index >= 15 is 0 Å². The zero-order chi connectivity index (χ0) is 26.9. The van der Waals surface area contributed by atoms with Crippen LogP contribution < -0.4 is 25.0 Å². The first-order valence-electron chi connectivity index (χ1n) is 11.9. The van der Waals surface area contributed by atoms with Crippen LogP contribution in [-0.4, -0.2) is 85.3 Å². The summed E-state index contributed by atoms with van der Waals surface area (Å²) in [6, 6.07) is 6.58. The number of aliphatic hydroxyl groups is 4. The van der Waals surface area contributed by atoms with Crippen LogP contribution in [0.4, 0.5) is 0 Å². The first-order chi connectivity index (χ1) is 17.8. The highest BCUT2D eigenvalue weighted by Crippen LogP contribution is 2.50. The number of rotatable bonds is 7. The van der Waals surface area contributed by atoms with E-state index in [1.54, 1.807) is 26.4 Å². The van der Waals surface area contributed by atoms with E-state index in [0.717, 1.165) is 16.7 Å². The standard InChI is InChI=1S/C26H33NO9S/c1-33-17-9-12-5-7-15(27-26-23(32)22(31)21(30)18(11-28)36-26)14-10-16(29)19(37-4)8-6-13(14)20(12)25(35-3)24(17)34-2/h6,8-10,15,18,21-23,26-28,30-32H,5,7,11H2,1-4H3/t15-,18+,21-,22-,23-,26+/m1/s1. The van der Waals surface area contributed by atoms with Crippen molar-refractivity contribution in [2.45, 2.75) is 54.4 Å². The summed E-state index contributed by atoms with van der Waals surface area (Å²) in [5.41, 5.74) is 2.88. The lowest BCUT2D eigenvalue weighted by Crippen LogP contribution is -2.62. The van der Waals surface area contributed by atoms with E-state index in [2.05, 4.69) is 5.32 Å². The van der Waals surface area contributed by atoms with Gasteiger partial charge in [-0.25, -0.2) is 0 Å². The van der Waals surface area contributed by atoms with Crippen LogP contribution in [0.5, 0.6) is 17.2 Å². The van der Waals surface area contributed by atoms with E-state index < -0.39 is 43.3 Å². The Morgan fingerprint density at radius 1 is 1.03 bits per heavy atom. The molecule has 2 aliphatic rings. The minimum Gasteiger partial charge on any atom is -0.493 e. The minimum absolute atomic E-state index is 0.169. The molecule has 37 heavy (non-hydrogen) atoms. The van der Waals surface area contributed by atoms with Gasteiger partial charge >= 0.3 is 0 Å². The number of thioether (sulfide) groups is 1. The largest absolute Gasteiger partial charge is 0.493 e. The Balaban J connectivity index is 1.89. The number of nitrogens with one attached hydrogen (secondary N) is 1. The second-order valence-corrected chi connectivity index (χ2v) is 9.81. The van der Waals surface area contributed by atoms with Gasteiger partial charge in [0.25, 0.3) is 0 Å². The third-order valence-electron chi connectivity index (χ3n) is 6.98. The number of hydrogen-bond acceptors (Lipinski definition) is 11. The summed E-state index contributed by atoms with van der Waals surface area (Å²) in [7, 11) is 4.62. The highest BCUT2D eigenvalue weighted by Gasteiger charge is 2.44. The number of fused-ring (bicyclic) bond motifs is 3. The van der Waals surface area contributed by atoms with Gasteiger partial charge in [-0.1, -0.05) is 6.07 Å². The normalized spacial score (nSPS) is 27.0. The molecule has 4 rings (SSSR count). The molecule has 202 valence electrons. The molecule has 0 unspecified atom stereocenters. The molecular formula is C26H33NO9S. The first-order valence-corrected chi connectivity index (χ1v) is 13.1. The van der Waals surface area contributed by atoms with Crippen molar-refractivity contribution in [2.24, 2.45) is 0 Å². The van der Waals surface area contributed by atoms with Gasteiger partial charge in [-0.05, 0) is 54.0 Å². The second-order valence-electron chi connectivity index (χ2n) is 8.97. The van der Waals surface area contributed by atoms with Crippen molar-refractivity contribution < 1.29 is 39.4 Å². The Hall–Kier alpha value is -2.38. The van der Waals surface area contributed by atoms with E-state index in [1.807, 2.05) is 18.4 Å². The van der Waals surface area contributed by atoms with Crippen LogP contribution in [0.15, 0.2) is 34.0 Å². The molecule has 2 aromatic carbocycles. The molecule has 1 fully saturated rings. The van der Waals surface area contributed by atoms with Gasteiger partial charge in [-0.2, -0.15) is 0 Å². The van der Waals surface area contributed by atoms with Crippen LogP contribution in [0.3, 0.4) is 0 Å². The van der Waals surface area contributed by atoms with Crippen molar-refractivity contribution in [3.63, 3.8) is 0 Å². The van der Waals surface area contributed by atoms with Gasteiger partial charge < -0.3 is 39.4 Å². The minimum atomic E-state index is -1.52.